The van der Waals surface area contributed by atoms with Gasteiger partial charge in [0.15, 0.2) is 0 Å². The van der Waals surface area contributed by atoms with Crippen molar-refractivity contribution in [2.24, 2.45) is 13.0 Å². The SMILES string of the molecule is CC(NCC1CCC1)c1ccnn1C. The summed E-state index contributed by atoms with van der Waals surface area (Å²) in [5, 5.41) is 7.74. The van der Waals surface area contributed by atoms with Crippen LogP contribution in [-0.2, 0) is 7.05 Å². The van der Waals surface area contributed by atoms with E-state index in [0.717, 1.165) is 12.5 Å². The van der Waals surface area contributed by atoms with E-state index in [-0.39, 0.29) is 0 Å². The van der Waals surface area contributed by atoms with Crippen LogP contribution in [0.4, 0.5) is 0 Å². The Labute approximate surface area is 85.5 Å². The fourth-order valence-corrected chi connectivity index (χ4v) is 1.95. The predicted octanol–water partition coefficient (Wildman–Crippen LogP) is 1.87. The van der Waals surface area contributed by atoms with Crippen LogP contribution in [0.3, 0.4) is 0 Å². The zero-order valence-corrected chi connectivity index (χ0v) is 9.03. The third-order valence-corrected chi connectivity index (χ3v) is 3.24. The monoisotopic (exact) mass is 193 g/mol. The molecule has 1 saturated carbocycles. The first kappa shape index (κ1) is 9.71. The topological polar surface area (TPSA) is 29.9 Å². The van der Waals surface area contributed by atoms with Gasteiger partial charge in [-0.05, 0) is 38.3 Å². The number of nitrogens with zero attached hydrogens (tertiary/aromatic N) is 2. The maximum atomic E-state index is 4.18. The minimum Gasteiger partial charge on any atom is -0.309 e. The molecular weight excluding hydrogens is 174 g/mol. The Morgan fingerprint density at radius 1 is 1.64 bits per heavy atom. The molecule has 1 aliphatic rings. The number of hydrogen-bond acceptors (Lipinski definition) is 2. The first-order valence-electron chi connectivity index (χ1n) is 5.48. The number of rotatable bonds is 4. The van der Waals surface area contributed by atoms with E-state index < -0.39 is 0 Å². The zero-order chi connectivity index (χ0) is 9.97. The summed E-state index contributed by atoms with van der Waals surface area (Å²) in [6, 6.07) is 2.50. The molecule has 1 atom stereocenters. The molecule has 0 spiro atoms. The second kappa shape index (κ2) is 4.13. The number of aryl methyl sites for hydroxylation is 1. The fourth-order valence-electron chi connectivity index (χ4n) is 1.95. The van der Waals surface area contributed by atoms with Gasteiger partial charge in [0.05, 0.1) is 5.69 Å². The molecule has 1 heterocycles. The molecule has 2 rings (SSSR count). The maximum absolute atomic E-state index is 4.18. The van der Waals surface area contributed by atoms with E-state index in [1.54, 1.807) is 0 Å². The Hall–Kier alpha value is -0.830. The molecule has 0 saturated heterocycles. The van der Waals surface area contributed by atoms with Gasteiger partial charge < -0.3 is 5.32 Å². The minimum absolute atomic E-state index is 0.420. The van der Waals surface area contributed by atoms with Crippen LogP contribution < -0.4 is 5.32 Å². The summed E-state index contributed by atoms with van der Waals surface area (Å²) < 4.78 is 1.94. The van der Waals surface area contributed by atoms with Crippen molar-refractivity contribution in [2.75, 3.05) is 6.54 Å². The lowest BCUT2D eigenvalue weighted by atomic mass is 9.85. The summed E-state index contributed by atoms with van der Waals surface area (Å²) in [6.45, 7) is 3.36. The first-order chi connectivity index (χ1) is 6.77. The molecular formula is C11H19N3. The summed E-state index contributed by atoms with van der Waals surface area (Å²) in [6.07, 6.45) is 6.10. The Balaban J connectivity index is 1.82. The van der Waals surface area contributed by atoms with Crippen LogP contribution >= 0.6 is 0 Å². The minimum atomic E-state index is 0.420. The lowest BCUT2D eigenvalue weighted by molar-refractivity contribution is 0.290. The standard InChI is InChI=1S/C11H19N3/c1-9(11-6-7-13-14(11)2)12-8-10-4-3-5-10/h6-7,9-10,12H,3-5,8H2,1-2H3. The summed E-state index contributed by atoms with van der Waals surface area (Å²) >= 11 is 0. The lowest BCUT2D eigenvalue weighted by Crippen LogP contribution is -2.30. The molecule has 1 fully saturated rings. The Bertz CT molecular complexity index is 288. The molecule has 1 aromatic heterocycles. The maximum Gasteiger partial charge on any atom is 0.0547 e. The molecule has 0 bridgehead atoms. The average molecular weight is 193 g/mol. The van der Waals surface area contributed by atoms with Crippen LogP contribution in [-0.4, -0.2) is 16.3 Å². The molecule has 1 aliphatic carbocycles. The van der Waals surface area contributed by atoms with Crippen molar-refractivity contribution >= 4 is 0 Å². The third kappa shape index (κ3) is 1.98. The van der Waals surface area contributed by atoms with Crippen molar-refractivity contribution in [2.45, 2.75) is 32.2 Å². The Morgan fingerprint density at radius 2 is 2.43 bits per heavy atom. The van der Waals surface area contributed by atoms with Gasteiger partial charge in [-0.15, -0.1) is 0 Å². The van der Waals surface area contributed by atoms with Gasteiger partial charge in [-0.3, -0.25) is 4.68 Å². The molecule has 0 aromatic carbocycles. The van der Waals surface area contributed by atoms with Crippen molar-refractivity contribution in [3.8, 4) is 0 Å². The number of aromatic nitrogens is 2. The van der Waals surface area contributed by atoms with E-state index in [0.29, 0.717) is 6.04 Å². The summed E-state index contributed by atoms with van der Waals surface area (Å²) in [5.74, 6) is 0.922. The molecule has 1 N–H and O–H groups in total. The average Bonchev–Trinajstić information content (AvgIpc) is 2.48. The van der Waals surface area contributed by atoms with Crippen molar-refractivity contribution < 1.29 is 0 Å². The van der Waals surface area contributed by atoms with Crippen molar-refractivity contribution in [3.05, 3.63) is 18.0 Å². The predicted molar refractivity (Wildman–Crippen MR) is 57.0 cm³/mol. The third-order valence-electron chi connectivity index (χ3n) is 3.24. The molecule has 3 nitrogen and oxygen atoms in total. The molecule has 78 valence electrons. The van der Waals surface area contributed by atoms with E-state index in [2.05, 4.69) is 23.4 Å². The van der Waals surface area contributed by atoms with E-state index in [4.69, 9.17) is 0 Å². The summed E-state index contributed by atoms with van der Waals surface area (Å²) in [7, 11) is 2.00. The second-order valence-electron chi connectivity index (χ2n) is 4.31. The van der Waals surface area contributed by atoms with Crippen LogP contribution in [0.1, 0.15) is 37.9 Å². The van der Waals surface area contributed by atoms with Gasteiger partial charge in [0.25, 0.3) is 0 Å². The number of hydrogen-bond donors (Lipinski definition) is 1. The lowest BCUT2D eigenvalue weighted by Gasteiger charge is -2.27. The zero-order valence-electron chi connectivity index (χ0n) is 9.03. The first-order valence-corrected chi connectivity index (χ1v) is 5.48. The smallest absolute Gasteiger partial charge is 0.0547 e. The molecule has 0 radical (unpaired) electrons. The van der Waals surface area contributed by atoms with Crippen molar-refractivity contribution in [3.63, 3.8) is 0 Å². The van der Waals surface area contributed by atoms with Crippen LogP contribution in [0.2, 0.25) is 0 Å². The van der Waals surface area contributed by atoms with E-state index >= 15 is 0 Å². The quantitative estimate of drug-likeness (QED) is 0.791. The highest BCUT2D eigenvalue weighted by Gasteiger charge is 2.18. The van der Waals surface area contributed by atoms with Gasteiger partial charge in [-0.1, -0.05) is 6.42 Å². The van der Waals surface area contributed by atoms with Gasteiger partial charge in [-0.2, -0.15) is 5.10 Å². The van der Waals surface area contributed by atoms with E-state index in [1.807, 2.05) is 17.9 Å². The van der Waals surface area contributed by atoms with Crippen LogP contribution in [0.5, 0.6) is 0 Å². The molecule has 0 aliphatic heterocycles. The van der Waals surface area contributed by atoms with Crippen LogP contribution in [0.25, 0.3) is 0 Å². The summed E-state index contributed by atoms with van der Waals surface area (Å²) in [4.78, 5) is 0. The Kier molecular flexibility index (Phi) is 2.87. The highest BCUT2D eigenvalue weighted by atomic mass is 15.3. The van der Waals surface area contributed by atoms with Gasteiger partial charge in [0, 0.05) is 19.3 Å². The Morgan fingerprint density at radius 3 is 2.93 bits per heavy atom. The highest BCUT2D eigenvalue weighted by Crippen LogP contribution is 2.26. The van der Waals surface area contributed by atoms with Gasteiger partial charge >= 0.3 is 0 Å². The molecule has 3 heteroatoms. The van der Waals surface area contributed by atoms with E-state index in [1.165, 1.54) is 25.0 Å². The normalized spacial score (nSPS) is 19.3. The highest BCUT2D eigenvalue weighted by molar-refractivity contribution is 5.05. The van der Waals surface area contributed by atoms with Crippen molar-refractivity contribution in [1.82, 2.24) is 15.1 Å². The second-order valence-corrected chi connectivity index (χ2v) is 4.31. The van der Waals surface area contributed by atoms with Gasteiger partial charge in [0.1, 0.15) is 0 Å². The van der Waals surface area contributed by atoms with Gasteiger partial charge in [-0.25, -0.2) is 0 Å². The van der Waals surface area contributed by atoms with Crippen LogP contribution in [0.15, 0.2) is 12.3 Å². The molecule has 14 heavy (non-hydrogen) atoms. The van der Waals surface area contributed by atoms with Gasteiger partial charge in [0.2, 0.25) is 0 Å². The van der Waals surface area contributed by atoms with Crippen molar-refractivity contribution in [1.29, 1.82) is 0 Å². The van der Waals surface area contributed by atoms with E-state index in [9.17, 15) is 0 Å². The largest absolute Gasteiger partial charge is 0.309 e. The molecule has 1 aromatic rings. The molecule has 0 amide bonds. The molecule has 1 unspecified atom stereocenters. The fraction of sp³-hybridized carbons (Fsp3) is 0.727. The van der Waals surface area contributed by atoms with Crippen LogP contribution in [0, 0.1) is 5.92 Å². The summed E-state index contributed by atoms with van der Waals surface area (Å²) in [5.41, 5.74) is 1.27. The number of nitrogens with one attached hydrogen (secondary N) is 1.